The normalized spacial score (nSPS) is 47.7. The summed E-state index contributed by atoms with van der Waals surface area (Å²) < 4.78 is 0. The van der Waals surface area contributed by atoms with Gasteiger partial charge in [-0.25, -0.2) is 0 Å². The Kier molecular flexibility index (Phi) is 3.49. The zero-order chi connectivity index (χ0) is 16.4. The Labute approximate surface area is 141 Å². The highest BCUT2D eigenvalue weighted by Crippen LogP contribution is 2.62. The molecule has 0 aliphatic heterocycles. The summed E-state index contributed by atoms with van der Waals surface area (Å²) in [7, 11) is 0. The molecule has 23 heavy (non-hydrogen) atoms. The summed E-state index contributed by atoms with van der Waals surface area (Å²) in [5, 5.41) is 3.24. The van der Waals surface area contributed by atoms with E-state index in [1.165, 1.54) is 44.9 Å². The number of carbonyl (C=O) groups is 1. The molecule has 2 heteroatoms. The SMILES string of the molecule is CC1CC2CC(C)(C)CC3=C2C2C1CCC(C)(NC=O)C2CC3. The number of carbonyl (C=O) groups excluding carboxylic acids is 1. The molecule has 0 aromatic rings. The molecule has 0 spiro atoms. The molecule has 2 saturated carbocycles. The minimum absolute atomic E-state index is 0.0238. The molecule has 0 saturated heterocycles. The van der Waals surface area contributed by atoms with Gasteiger partial charge in [0.05, 0.1) is 0 Å². The average Bonchev–Trinajstić information content (AvgIpc) is 2.45. The van der Waals surface area contributed by atoms with E-state index >= 15 is 0 Å². The first kappa shape index (κ1) is 15.7. The number of hydrogen-bond donors (Lipinski definition) is 1. The van der Waals surface area contributed by atoms with E-state index in [2.05, 4.69) is 33.0 Å². The summed E-state index contributed by atoms with van der Waals surface area (Å²) in [6, 6.07) is 0. The summed E-state index contributed by atoms with van der Waals surface area (Å²) in [6.07, 6.45) is 10.1. The Morgan fingerprint density at radius 1 is 1.22 bits per heavy atom. The van der Waals surface area contributed by atoms with Gasteiger partial charge in [0.15, 0.2) is 0 Å². The third kappa shape index (κ3) is 2.31. The molecular formula is C21H33NO. The molecule has 4 aliphatic carbocycles. The molecule has 0 radical (unpaired) electrons. The zero-order valence-corrected chi connectivity index (χ0v) is 15.3. The van der Waals surface area contributed by atoms with Gasteiger partial charge < -0.3 is 5.32 Å². The zero-order valence-electron chi connectivity index (χ0n) is 15.3. The average molecular weight is 316 g/mol. The molecule has 2 fully saturated rings. The minimum Gasteiger partial charge on any atom is -0.353 e. The third-order valence-electron chi connectivity index (χ3n) is 7.94. The predicted octanol–water partition coefficient (Wildman–Crippen LogP) is 4.70. The lowest BCUT2D eigenvalue weighted by atomic mass is 9.46. The predicted molar refractivity (Wildman–Crippen MR) is 93.9 cm³/mol. The van der Waals surface area contributed by atoms with Crippen LogP contribution in [0.2, 0.25) is 0 Å². The summed E-state index contributed by atoms with van der Waals surface area (Å²) >= 11 is 0. The van der Waals surface area contributed by atoms with Crippen molar-refractivity contribution >= 4 is 6.41 Å². The Morgan fingerprint density at radius 3 is 2.74 bits per heavy atom. The lowest BCUT2D eigenvalue weighted by Crippen LogP contribution is -2.59. The number of rotatable bonds is 2. The van der Waals surface area contributed by atoms with Crippen LogP contribution in [-0.2, 0) is 4.79 Å². The van der Waals surface area contributed by atoms with Gasteiger partial charge in [-0.05, 0) is 86.9 Å². The molecule has 1 amide bonds. The van der Waals surface area contributed by atoms with Gasteiger partial charge in [0, 0.05) is 5.54 Å². The van der Waals surface area contributed by atoms with Crippen LogP contribution < -0.4 is 5.32 Å². The van der Waals surface area contributed by atoms with Crippen molar-refractivity contribution in [3.63, 3.8) is 0 Å². The second-order valence-electron chi connectivity index (χ2n) is 10.1. The number of amides is 1. The van der Waals surface area contributed by atoms with Crippen LogP contribution in [0.3, 0.4) is 0 Å². The van der Waals surface area contributed by atoms with Crippen LogP contribution >= 0.6 is 0 Å². The third-order valence-corrected chi connectivity index (χ3v) is 7.94. The Bertz CT molecular complexity index is 548. The van der Waals surface area contributed by atoms with Gasteiger partial charge in [0.1, 0.15) is 0 Å². The van der Waals surface area contributed by atoms with Crippen molar-refractivity contribution in [1.82, 2.24) is 5.32 Å². The molecule has 128 valence electrons. The number of allylic oxidation sites excluding steroid dienone is 2. The van der Waals surface area contributed by atoms with E-state index in [0.717, 1.165) is 30.1 Å². The topological polar surface area (TPSA) is 29.1 Å². The maximum absolute atomic E-state index is 11.2. The summed E-state index contributed by atoms with van der Waals surface area (Å²) in [4.78, 5) is 11.2. The standard InChI is InChI=1S/C21H33NO/c1-13-9-15-11-20(2,3)10-14-5-6-17-19(18(14)15)16(13)7-8-21(17,4)22-12-23/h12-13,15-17,19H,5-11H2,1-4H3,(H,22,23). The molecule has 0 heterocycles. The lowest BCUT2D eigenvalue weighted by molar-refractivity contribution is -0.113. The Morgan fingerprint density at radius 2 is 2.00 bits per heavy atom. The second kappa shape index (κ2) is 5.10. The van der Waals surface area contributed by atoms with Gasteiger partial charge in [0.25, 0.3) is 0 Å². The van der Waals surface area contributed by atoms with E-state index < -0.39 is 0 Å². The Hall–Kier alpha value is -0.790. The van der Waals surface area contributed by atoms with Crippen molar-refractivity contribution in [2.45, 2.75) is 78.2 Å². The van der Waals surface area contributed by atoms with Crippen molar-refractivity contribution in [3.05, 3.63) is 11.1 Å². The van der Waals surface area contributed by atoms with Gasteiger partial charge in [-0.2, -0.15) is 0 Å². The molecule has 1 N–H and O–H groups in total. The second-order valence-corrected chi connectivity index (χ2v) is 10.1. The largest absolute Gasteiger partial charge is 0.353 e. The molecule has 4 aliphatic rings. The number of nitrogens with one attached hydrogen (secondary N) is 1. The van der Waals surface area contributed by atoms with E-state index in [9.17, 15) is 4.79 Å². The van der Waals surface area contributed by atoms with Crippen molar-refractivity contribution in [2.24, 2.45) is 35.0 Å². The fourth-order valence-electron chi connectivity index (χ4n) is 7.15. The highest BCUT2D eigenvalue weighted by atomic mass is 16.1. The first-order valence-electron chi connectivity index (χ1n) is 9.78. The smallest absolute Gasteiger partial charge is 0.207 e. The van der Waals surface area contributed by atoms with Crippen LogP contribution in [0, 0.1) is 35.0 Å². The molecule has 0 aromatic heterocycles. The van der Waals surface area contributed by atoms with E-state index in [-0.39, 0.29) is 5.54 Å². The Balaban J connectivity index is 1.77. The summed E-state index contributed by atoms with van der Waals surface area (Å²) in [6.45, 7) is 9.76. The fraction of sp³-hybridized carbons (Fsp3) is 0.857. The van der Waals surface area contributed by atoms with Crippen LogP contribution in [0.4, 0.5) is 0 Å². The molecular weight excluding hydrogens is 282 g/mol. The summed E-state index contributed by atoms with van der Waals surface area (Å²) in [5.41, 5.74) is 4.21. The number of hydrogen-bond acceptors (Lipinski definition) is 1. The molecule has 4 rings (SSSR count). The van der Waals surface area contributed by atoms with Crippen LogP contribution in [0.5, 0.6) is 0 Å². The van der Waals surface area contributed by atoms with E-state index in [1.54, 1.807) is 0 Å². The van der Waals surface area contributed by atoms with E-state index in [0.29, 0.717) is 11.3 Å². The highest BCUT2D eigenvalue weighted by Gasteiger charge is 2.55. The first-order valence-corrected chi connectivity index (χ1v) is 9.78. The van der Waals surface area contributed by atoms with Crippen molar-refractivity contribution in [3.8, 4) is 0 Å². The van der Waals surface area contributed by atoms with Crippen LogP contribution in [0.15, 0.2) is 11.1 Å². The van der Waals surface area contributed by atoms with E-state index in [4.69, 9.17) is 0 Å². The quantitative estimate of drug-likeness (QED) is 0.581. The monoisotopic (exact) mass is 315 g/mol. The summed E-state index contributed by atoms with van der Waals surface area (Å²) in [5.74, 6) is 3.97. The van der Waals surface area contributed by atoms with Crippen LogP contribution in [0.1, 0.15) is 72.6 Å². The maximum Gasteiger partial charge on any atom is 0.207 e. The molecule has 0 aromatic carbocycles. The van der Waals surface area contributed by atoms with Gasteiger partial charge >= 0.3 is 0 Å². The van der Waals surface area contributed by atoms with Gasteiger partial charge in [-0.1, -0.05) is 31.9 Å². The van der Waals surface area contributed by atoms with Crippen molar-refractivity contribution < 1.29 is 4.79 Å². The van der Waals surface area contributed by atoms with Crippen LogP contribution in [0.25, 0.3) is 0 Å². The van der Waals surface area contributed by atoms with Crippen molar-refractivity contribution in [2.75, 3.05) is 0 Å². The van der Waals surface area contributed by atoms with E-state index in [1.807, 2.05) is 11.1 Å². The van der Waals surface area contributed by atoms with Crippen LogP contribution in [-0.4, -0.2) is 11.9 Å². The molecule has 2 nitrogen and oxygen atoms in total. The maximum atomic E-state index is 11.2. The fourth-order valence-corrected chi connectivity index (χ4v) is 7.15. The molecule has 6 unspecified atom stereocenters. The molecule has 6 atom stereocenters. The highest BCUT2D eigenvalue weighted by molar-refractivity contribution is 5.48. The van der Waals surface area contributed by atoms with Gasteiger partial charge in [-0.3, -0.25) is 4.79 Å². The lowest BCUT2D eigenvalue weighted by Gasteiger charge is -2.60. The first-order chi connectivity index (χ1) is 10.8. The molecule has 0 bridgehead atoms. The van der Waals surface area contributed by atoms with Crippen molar-refractivity contribution in [1.29, 1.82) is 0 Å². The van der Waals surface area contributed by atoms with Gasteiger partial charge in [0.2, 0.25) is 6.41 Å². The van der Waals surface area contributed by atoms with Gasteiger partial charge in [-0.15, -0.1) is 0 Å². The minimum atomic E-state index is 0.0238.